The molecule has 1 atom stereocenters. The molecule has 4 aromatic carbocycles. The van der Waals surface area contributed by atoms with Crippen LogP contribution in [0.25, 0.3) is 10.8 Å². The molecule has 1 amide bonds. The molecule has 7 heteroatoms. The lowest BCUT2D eigenvalue weighted by atomic mass is 10.0. The Kier molecular flexibility index (Phi) is 8.08. The van der Waals surface area contributed by atoms with Crippen LogP contribution in [0.4, 0.5) is 0 Å². The van der Waals surface area contributed by atoms with Gasteiger partial charge in [0.05, 0.1) is 19.3 Å². The summed E-state index contributed by atoms with van der Waals surface area (Å²) in [4.78, 5) is 25.3. The van der Waals surface area contributed by atoms with Gasteiger partial charge in [-0.05, 0) is 58.3 Å². The van der Waals surface area contributed by atoms with Crippen LogP contribution >= 0.6 is 11.6 Å². The van der Waals surface area contributed by atoms with E-state index in [0.29, 0.717) is 17.4 Å². The van der Waals surface area contributed by atoms with Crippen molar-refractivity contribution < 1.29 is 24.2 Å². The maximum absolute atomic E-state index is 12.9. The maximum atomic E-state index is 12.9. The van der Waals surface area contributed by atoms with Gasteiger partial charge in [-0.1, -0.05) is 60.1 Å². The zero-order chi connectivity index (χ0) is 25.5. The molecule has 0 aromatic heterocycles. The number of phenols is 1. The Morgan fingerprint density at radius 2 is 1.64 bits per heavy atom. The van der Waals surface area contributed by atoms with E-state index in [9.17, 15) is 14.7 Å². The lowest BCUT2D eigenvalue weighted by Gasteiger charge is -2.17. The highest BCUT2D eigenvalue weighted by Crippen LogP contribution is 2.25. The van der Waals surface area contributed by atoms with Gasteiger partial charge in [-0.25, -0.2) is 4.79 Å². The zero-order valence-corrected chi connectivity index (χ0v) is 20.5. The topological polar surface area (TPSA) is 84.9 Å². The number of rotatable bonds is 9. The fourth-order valence-corrected chi connectivity index (χ4v) is 4.13. The van der Waals surface area contributed by atoms with Gasteiger partial charge in [0.15, 0.2) is 0 Å². The standard InChI is InChI=1S/C29H26ClNO5/c1-35-29(34)26(31-28(33)25-17-21-6-2-3-7-22(21)18-27(25)32)16-20-9-11-24(12-10-20)36-14-13-19-5-4-8-23(30)15-19/h2-12,15,17-18,26,32H,13-14,16H2,1H3,(H,31,33). The van der Waals surface area contributed by atoms with E-state index >= 15 is 0 Å². The monoisotopic (exact) mass is 503 g/mol. The summed E-state index contributed by atoms with van der Waals surface area (Å²) in [5.41, 5.74) is 2.00. The minimum atomic E-state index is -0.928. The van der Waals surface area contributed by atoms with Gasteiger partial charge < -0.3 is 19.9 Å². The molecule has 0 saturated heterocycles. The number of carbonyl (C=O) groups excluding carboxylic acids is 2. The summed E-state index contributed by atoms with van der Waals surface area (Å²) in [7, 11) is 1.27. The second kappa shape index (κ2) is 11.6. The van der Waals surface area contributed by atoms with Gasteiger partial charge in [0.25, 0.3) is 5.91 Å². The third-order valence-electron chi connectivity index (χ3n) is 5.81. The van der Waals surface area contributed by atoms with Crippen molar-refractivity contribution >= 4 is 34.2 Å². The van der Waals surface area contributed by atoms with Crippen LogP contribution in [0.1, 0.15) is 21.5 Å². The molecule has 4 aromatic rings. The summed E-state index contributed by atoms with van der Waals surface area (Å²) in [5.74, 6) is -0.602. The normalized spacial score (nSPS) is 11.6. The molecule has 0 fully saturated rings. The molecule has 36 heavy (non-hydrogen) atoms. The molecule has 0 bridgehead atoms. The van der Waals surface area contributed by atoms with Crippen LogP contribution in [0, 0.1) is 0 Å². The fourth-order valence-electron chi connectivity index (χ4n) is 3.92. The highest BCUT2D eigenvalue weighted by atomic mass is 35.5. The SMILES string of the molecule is COC(=O)C(Cc1ccc(OCCc2cccc(Cl)c2)cc1)NC(=O)c1cc2ccccc2cc1O. The second-order valence-corrected chi connectivity index (χ2v) is 8.78. The van der Waals surface area contributed by atoms with E-state index in [4.69, 9.17) is 21.1 Å². The predicted octanol–water partition coefficient (Wildman–Crippen LogP) is 5.33. The van der Waals surface area contributed by atoms with E-state index in [1.54, 1.807) is 6.07 Å². The van der Waals surface area contributed by atoms with Crippen LogP contribution < -0.4 is 10.1 Å². The minimum absolute atomic E-state index is 0.0889. The number of amides is 1. The van der Waals surface area contributed by atoms with E-state index < -0.39 is 17.9 Å². The van der Waals surface area contributed by atoms with Gasteiger partial charge in [0, 0.05) is 17.9 Å². The van der Waals surface area contributed by atoms with Gasteiger partial charge in [0.2, 0.25) is 0 Å². The maximum Gasteiger partial charge on any atom is 0.328 e. The average molecular weight is 504 g/mol. The first-order valence-corrected chi connectivity index (χ1v) is 11.9. The molecule has 0 heterocycles. The number of hydrogen-bond donors (Lipinski definition) is 2. The first-order chi connectivity index (χ1) is 17.4. The number of nitrogens with one attached hydrogen (secondary N) is 1. The molecular formula is C29H26ClNO5. The van der Waals surface area contributed by atoms with Gasteiger partial charge in [0.1, 0.15) is 17.5 Å². The molecule has 0 aliphatic rings. The Bertz CT molecular complexity index is 1370. The summed E-state index contributed by atoms with van der Waals surface area (Å²) in [5, 5.41) is 15.4. The molecule has 2 N–H and O–H groups in total. The number of ether oxygens (including phenoxy) is 2. The van der Waals surface area contributed by atoms with E-state index in [1.807, 2.05) is 72.8 Å². The smallest absolute Gasteiger partial charge is 0.328 e. The van der Waals surface area contributed by atoms with Gasteiger partial charge in [-0.3, -0.25) is 4.79 Å². The zero-order valence-electron chi connectivity index (χ0n) is 19.7. The third kappa shape index (κ3) is 6.34. The Balaban J connectivity index is 1.39. The summed E-state index contributed by atoms with van der Waals surface area (Å²) in [6.45, 7) is 0.496. The van der Waals surface area contributed by atoms with Gasteiger partial charge >= 0.3 is 5.97 Å². The number of esters is 1. The van der Waals surface area contributed by atoms with Crippen molar-refractivity contribution in [1.82, 2.24) is 5.32 Å². The molecule has 0 aliphatic heterocycles. The highest BCUT2D eigenvalue weighted by molar-refractivity contribution is 6.30. The number of fused-ring (bicyclic) bond motifs is 1. The number of carbonyl (C=O) groups is 2. The van der Waals surface area contributed by atoms with Crippen LogP contribution in [0.2, 0.25) is 5.02 Å². The molecule has 6 nitrogen and oxygen atoms in total. The van der Waals surface area contributed by atoms with Crippen LogP contribution in [0.5, 0.6) is 11.5 Å². The van der Waals surface area contributed by atoms with Crippen LogP contribution in [-0.2, 0) is 22.4 Å². The minimum Gasteiger partial charge on any atom is -0.507 e. The van der Waals surface area contributed by atoms with Crippen molar-refractivity contribution in [3.63, 3.8) is 0 Å². The summed E-state index contributed by atoms with van der Waals surface area (Å²) in [6, 6.07) is 24.6. The number of hydrogen-bond acceptors (Lipinski definition) is 5. The molecule has 1 unspecified atom stereocenters. The Labute approximate surface area is 214 Å². The summed E-state index contributed by atoms with van der Waals surface area (Å²) in [6.07, 6.45) is 0.940. The Hall–Kier alpha value is -4.03. The van der Waals surface area contributed by atoms with Crippen molar-refractivity contribution in [2.24, 2.45) is 0 Å². The summed E-state index contributed by atoms with van der Waals surface area (Å²) >= 11 is 6.02. The molecule has 0 spiro atoms. The van der Waals surface area contributed by atoms with E-state index in [0.717, 1.165) is 28.3 Å². The first kappa shape index (κ1) is 25.1. The molecule has 0 aliphatic carbocycles. The van der Waals surface area contributed by atoms with Crippen molar-refractivity contribution in [3.8, 4) is 11.5 Å². The fraction of sp³-hybridized carbons (Fsp3) is 0.172. The lowest BCUT2D eigenvalue weighted by molar-refractivity contribution is -0.142. The van der Waals surface area contributed by atoms with Crippen LogP contribution in [-0.4, -0.2) is 36.7 Å². The number of halogens is 1. The summed E-state index contributed by atoms with van der Waals surface area (Å²) < 4.78 is 10.7. The van der Waals surface area contributed by atoms with Crippen molar-refractivity contribution in [2.45, 2.75) is 18.9 Å². The molecule has 184 valence electrons. The Morgan fingerprint density at radius 1 is 0.917 bits per heavy atom. The van der Waals surface area contributed by atoms with E-state index in [2.05, 4.69) is 5.32 Å². The number of benzene rings is 4. The van der Waals surface area contributed by atoms with E-state index in [-0.39, 0.29) is 17.7 Å². The molecule has 4 rings (SSSR count). The molecule has 0 radical (unpaired) electrons. The van der Waals surface area contributed by atoms with Crippen molar-refractivity contribution in [1.29, 1.82) is 0 Å². The quantitative estimate of drug-likeness (QED) is 0.301. The van der Waals surface area contributed by atoms with Gasteiger partial charge in [-0.2, -0.15) is 0 Å². The highest BCUT2D eigenvalue weighted by Gasteiger charge is 2.24. The molecular weight excluding hydrogens is 478 g/mol. The number of methoxy groups -OCH3 is 1. The van der Waals surface area contributed by atoms with Crippen LogP contribution in [0.3, 0.4) is 0 Å². The third-order valence-corrected chi connectivity index (χ3v) is 6.05. The average Bonchev–Trinajstić information content (AvgIpc) is 2.88. The largest absolute Gasteiger partial charge is 0.507 e. The number of phenolic OH excluding ortho intramolecular Hbond substituents is 1. The van der Waals surface area contributed by atoms with E-state index in [1.165, 1.54) is 13.2 Å². The second-order valence-electron chi connectivity index (χ2n) is 8.34. The van der Waals surface area contributed by atoms with Crippen molar-refractivity contribution in [3.05, 3.63) is 107 Å². The predicted molar refractivity (Wildman–Crippen MR) is 140 cm³/mol. The first-order valence-electron chi connectivity index (χ1n) is 11.5. The van der Waals surface area contributed by atoms with Crippen LogP contribution in [0.15, 0.2) is 84.9 Å². The Morgan fingerprint density at radius 3 is 2.33 bits per heavy atom. The number of aromatic hydroxyl groups is 1. The van der Waals surface area contributed by atoms with Crippen molar-refractivity contribution in [2.75, 3.05) is 13.7 Å². The lowest BCUT2D eigenvalue weighted by Crippen LogP contribution is -2.43. The molecule has 0 saturated carbocycles. The van der Waals surface area contributed by atoms with Gasteiger partial charge in [-0.15, -0.1) is 0 Å².